The van der Waals surface area contributed by atoms with Crippen LogP contribution in [0.4, 0.5) is 4.39 Å². The lowest BCUT2D eigenvalue weighted by molar-refractivity contribution is 0.625. The van der Waals surface area contributed by atoms with E-state index in [9.17, 15) is 4.39 Å². The second-order valence-electron chi connectivity index (χ2n) is 3.82. The zero-order valence-electron chi connectivity index (χ0n) is 9.04. The molecule has 1 atom stereocenters. The van der Waals surface area contributed by atoms with Gasteiger partial charge in [-0.1, -0.05) is 46.3 Å². The fourth-order valence-corrected chi connectivity index (χ4v) is 3.67. The minimum atomic E-state index is -0.176. The summed E-state index contributed by atoms with van der Waals surface area (Å²) in [6.07, 6.45) is 0.789. The summed E-state index contributed by atoms with van der Waals surface area (Å²) in [7, 11) is 0. The molecule has 17 heavy (non-hydrogen) atoms. The number of hydrogen-bond acceptors (Lipinski definition) is 0. The predicted molar refractivity (Wildman–Crippen MR) is 80.9 cm³/mol. The summed E-state index contributed by atoms with van der Waals surface area (Å²) in [5.41, 5.74) is 2.25. The largest absolute Gasteiger partial charge is 0.207 e. The zero-order chi connectivity index (χ0) is 12.3. The Morgan fingerprint density at radius 2 is 1.88 bits per heavy atom. The average Bonchev–Trinajstić information content (AvgIpc) is 2.29. The summed E-state index contributed by atoms with van der Waals surface area (Å²) in [4.78, 5) is 0.220. The molecular formula is C14H11BrFI. The maximum atomic E-state index is 13.1. The van der Waals surface area contributed by atoms with E-state index in [-0.39, 0.29) is 10.6 Å². The van der Waals surface area contributed by atoms with Gasteiger partial charge in [-0.25, -0.2) is 4.39 Å². The number of alkyl halides is 1. The Bertz CT molecular complexity index is 513. The first-order chi connectivity index (χ1) is 8.16. The topological polar surface area (TPSA) is 0 Å². The lowest BCUT2D eigenvalue weighted by atomic mass is 10.0. The summed E-state index contributed by atoms with van der Waals surface area (Å²) in [6.45, 7) is 0. The second-order valence-corrected chi connectivity index (χ2v) is 6.09. The van der Waals surface area contributed by atoms with Gasteiger partial charge in [0.2, 0.25) is 0 Å². The van der Waals surface area contributed by atoms with Crippen LogP contribution in [0.2, 0.25) is 0 Å². The molecule has 2 rings (SSSR count). The highest BCUT2D eigenvalue weighted by molar-refractivity contribution is 14.1. The highest BCUT2D eigenvalue weighted by atomic mass is 127. The van der Waals surface area contributed by atoms with Crippen molar-refractivity contribution >= 4 is 38.5 Å². The van der Waals surface area contributed by atoms with Gasteiger partial charge in [-0.3, -0.25) is 0 Å². The zero-order valence-corrected chi connectivity index (χ0v) is 12.8. The van der Waals surface area contributed by atoms with E-state index in [2.05, 4.69) is 50.7 Å². The van der Waals surface area contributed by atoms with E-state index >= 15 is 0 Å². The number of hydrogen-bond donors (Lipinski definition) is 0. The fraction of sp³-hybridized carbons (Fsp3) is 0.143. The summed E-state index contributed by atoms with van der Waals surface area (Å²) >= 11 is 5.99. The molecule has 0 nitrogen and oxygen atoms in total. The maximum Gasteiger partial charge on any atom is 0.123 e. The quantitative estimate of drug-likeness (QED) is 0.492. The molecule has 0 spiro atoms. The number of halogens is 3. The third-order valence-corrected chi connectivity index (χ3v) is 4.35. The molecule has 1 unspecified atom stereocenters. The molecule has 0 bridgehead atoms. The minimum absolute atomic E-state index is 0.176. The molecule has 2 aromatic rings. The lowest BCUT2D eigenvalue weighted by Crippen LogP contribution is -1.98. The standard InChI is InChI=1S/C14H11BrFI/c15-13(12-6-1-2-7-14(12)17)9-10-4-3-5-11(16)8-10/h1-8,13H,9H2. The molecule has 3 heteroatoms. The van der Waals surface area contributed by atoms with Crippen molar-refractivity contribution in [3.63, 3.8) is 0 Å². The predicted octanol–water partition coefficient (Wildman–Crippen LogP) is 5.11. The van der Waals surface area contributed by atoms with Crippen molar-refractivity contribution in [1.29, 1.82) is 0 Å². The number of benzene rings is 2. The first-order valence-corrected chi connectivity index (χ1v) is 7.29. The van der Waals surface area contributed by atoms with E-state index in [0.717, 1.165) is 12.0 Å². The van der Waals surface area contributed by atoms with Crippen LogP contribution in [0.5, 0.6) is 0 Å². The normalized spacial score (nSPS) is 12.4. The van der Waals surface area contributed by atoms with Crippen molar-refractivity contribution in [2.75, 3.05) is 0 Å². The second kappa shape index (κ2) is 5.96. The summed E-state index contributed by atoms with van der Waals surface area (Å²) < 4.78 is 14.3. The third kappa shape index (κ3) is 3.52. The van der Waals surface area contributed by atoms with Gasteiger partial charge >= 0.3 is 0 Å². The Kier molecular flexibility index (Phi) is 4.56. The Balaban J connectivity index is 2.17. The van der Waals surface area contributed by atoms with Crippen molar-refractivity contribution in [3.8, 4) is 0 Å². The van der Waals surface area contributed by atoms with Crippen molar-refractivity contribution in [3.05, 3.63) is 69.0 Å². The van der Waals surface area contributed by atoms with Gasteiger partial charge in [0.1, 0.15) is 5.82 Å². The van der Waals surface area contributed by atoms with Crippen LogP contribution in [0.25, 0.3) is 0 Å². The van der Waals surface area contributed by atoms with Crippen LogP contribution in [0.15, 0.2) is 48.5 Å². The van der Waals surface area contributed by atoms with E-state index in [1.165, 1.54) is 15.2 Å². The summed E-state index contributed by atoms with van der Waals surface area (Å²) in [5.74, 6) is -0.176. The van der Waals surface area contributed by atoms with Crippen LogP contribution in [0, 0.1) is 9.39 Å². The molecule has 0 amide bonds. The third-order valence-electron chi connectivity index (χ3n) is 2.55. The van der Waals surface area contributed by atoms with Crippen molar-refractivity contribution in [2.24, 2.45) is 0 Å². The van der Waals surface area contributed by atoms with Crippen LogP contribution in [0.1, 0.15) is 16.0 Å². The van der Waals surface area contributed by atoms with Gasteiger partial charge in [0.25, 0.3) is 0 Å². The summed E-state index contributed by atoms with van der Waals surface area (Å²) in [5, 5.41) is 0. The Morgan fingerprint density at radius 1 is 1.12 bits per heavy atom. The minimum Gasteiger partial charge on any atom is -0.207 e. The molecule has 0 aliphatic carbocycles. The number of rotatable bonds is 3. The molecule has 0 saturated heterocycles. The van der Waals surface area contributed by atoms with Crippen LogP contribution in [0.3, 0.4) is 0 Å². The molecule has 2 aromatic carbocycles. The van der Waals surface area contributed by atoms with E-state index in [4.69, 9.17) is 0 Å². The smallest absolute Gasteiger partial charge is 0.123 e. The highest BCUT2D eigenvalue weighted by Crippen LogP contribution is 2.30. The molecule has 0 saturated carbocycles. The van der Waals surface area contributed by atoms with E-state index in [1.807, 2.05) is 18.2 Å². The van der Waals surface area contributed by atoms with Crippen molar-refractivity contribution in [1.82, 2.24) is 0 Å². The van der Waals surface area contributed by atoms with Gasteiger partial charge in [-0.05, 0) is 58.3 Å². The first-order valence-electron chi connectivity index (χ1n) is 5.30. The van der Waals surface area contributed by atoms with E-state index in [1.54, 1.807) is 12.1 Å². The van der Waals surface area contributed by atoms with Gasteiger partial charge in [-0.2, -0.15) is 0 Å². The molecule has 88 valence electrons. The van der Waals surface area contributed by atoms with Crippen LogP contribution in [-0.4, -0.2) is 0 Å². The van der Waals surface area contributed by atoms with Crippen LogP contribution in [-0.2, 0) is 6.42 Å². The van der Waals surface area contributed by atoms with Crippen molar-refractivity contribution in [2.45, 2.75) is 11.2 Å². The monoisotopic (exact) mass is 404 g/mol. The van der Waals surface area contributed by atoms with Gasteiger partial charge in [0.05, 0.1) is 0 Å². The maximum absolute atomic E-state index is 13.1. The van der Waals surface area contributed by atoms with Gasteiger partial charge in [-0.15, -0.1) is 0 Å². The van der Waals surface area contributed by atoms with Crippen molar-refractivity contribution < 1.29 is 4.39 Å². The molecule has 0 aliphatic rings. The van der Waals surface area contributed by atoms with Gasteiger partial charge < -0.3 is 0 Å². The molecule has 0 radical (unpaired) electrons. The lowest BCUT2D eigenvalue weighted by Gasteiger charge is -2.12. The average molecular weight is 405 g/mol. The van der Waals surface area contributed by atoms with Crippen LogP contribution < -0.4 is 0 Å². The molecule has 0 heterocycles. The first kappa shape index (κ1) is 13.0. The van der Waals surface area contributed by atoms with E-state index in [0.29, 0.717) is 0 Å². The molecule has 0 aromatic heterocycles. The highest BCUT2D eigenvalue weighted by Gasteiger charge is 2.11. The molecular weight excluding hydrogens is 394 g/mol. The molecule has 0 fully saturated rings. The Morgan fingerprint density at radius 3 is 2.59 bits per heavy atom. The fourth-order valence-electron chi connectivity index (χ4n) is 1.71. The van der Waals surface area contributed by atoms with E-state index < -0.39 is 0 Å². The SMILES string of the molecule is Fc1cccc(CC(Br)c2ccccc2I)c1. The molecule has 0 aliphatic heterocycles. The van der Waals surface area contributed by atoms with Gasteiger partial charge in [0.15, 0.2) is 0 Å². The Labute approximate surface area is 123 Å². The molecule has 0 N–H and O–H groups in total. The van der Waals surface area contributed by atoms with Gasteiger partial charge in [0, 0.05) is 8.40 Å². The Hall–Kier alpha value is -0.420. The van der Waals surface area contributed by atoms with Crippen LogP contribution >= 0.6 is 38.5 Å². The summed E-state index contributed by atoms with van der Waals surface area (Å²) in [6, 6.07) is 15.0.